The van der Waals surface area contributed by atoms with Crippen LogP contribution in [-0.4, -0.2) is 52.1 Å². The zero-order valence-corrected chi connectivity index (χ0v) is 13.2. The minimum atomic E-state index is -0.250. The second kappa shape index (κ2) is 9.06. The number of rotatable bonds is 4. The van der Waals surface area contributed by atoms with Crippen LogP contribution in [0.15, 0.2) is 12.4 Å². The molecule has 1 aromatic heterocycles. The summed E-state index contributed by atoms with van der Waals surface area (Å²) in [7, 11) is 0. The third-order valence-corrected chi connectivity index (χ3v) is 4.52. The first-order valence-corrected chi connectivity index (χ1v) is 8.05. The zero-order chi connectivity index (χ0) is 16.5. The number of nitrogens with one attached hydrogen (secondary N) is 1. The minimum absolute atomic E-state index is 0.250. The van der Waals surface area contributed by atoms with Gasteiger partial charge in [-0.25, -0.2) is 9.97 Å². The predicted octanol–water partition coefficient (Wildman–Crippen LogP) is 1.73. The summed E-state index contributed by atoms with van der Waals surface area (Å²) in [5, 5.41) is 19.2. The van der Waals surface area contributed by atoms with Crippen LogP contribution in [0.25, 0.3) is 0 Å². The highest BCUT2D eigenvalue weighted by atomic mass is 16.3. The van der Waals surface area contributed by atoms with Gasteiger partial charge in [0.1, 0.15) is 6.07 Å². The molecular weight excluding hydrogens is 294 g/mol. The number of nitrogens with zero attached hydrogens (tertiary/aromatic N) is 4. The number of anilines is 1. The third-order valence-electron chi connectivity index (χ3n) is 4.52. The fourth-order valence-electron chi connectivity index (χ4n) is 3.42. The highest BCUT2D eigenvalue weighted by Gasteiger charge is 2.29. The first-order valence-electron chi connectivity index (χ1n) is 8.05. The van der Waals surface area contributed by atoms with Crippen LogP contribution in [0.1, 0.15) is 37.8 Å². The summed E-state index contributed by atoms with van der Waals surface area (Å²) in [5.41, 5.74) is 0.387. The van der Waals surface area contributed by atoms with E-state index in [2.05, 4.69) is 26.3 Å². The predicted molar refractivity (Wildman–Crippen MR) is 85.9 cm³/mol. The van der Waals surface area contributed by atoms with Crippen LogP contribution in [0.4, 0.5) is 5.82 Å². The summed E-state index contributed by atoms with van der Waals surface area (Å²) in [5.74, 6) is 1.28. The molecule has 1 aromatic rings. The van der Waals surface area contributed by atoms with Gasteiger partial charge in [0.15, 0.2) is 11.5 Å². The molecule has 0 amide bonds. The molecule has 1 unspecified atom stereocenters. The van der Waals surface area contributed by atoms with Crippen LogP contribution in [0.5, 0.6) is 0 Å². The van der Waals surface area contributed by atoms with Gasteiger partial charge in [0, 0.05) is 31.5 Å². The highest BCUT2D eigenvalue weighted by Crippen LogP contribution is 2.28. The van der Waals surface area contributed by atoms with Gasteiger partial charge in [0.2, 0.25) is 0 Å². The van der Waals surface area contributed by atoms with Crippen molar-refractivity contribution in [1.82, 2.24) is 14.9 Å². The molecule has 7 heteroatoms. The average molecular weight is 317 g/mol. The summed E-state index contributed by atoms with van der Waals surface area (Å²) in [6.07, 6.45) is 9.98. The lowest BCUT2D eigenvalue weighted by molar-refractivity contribution is -0.122. The van der Waals surface area contributed by atoms with Gasteiger partial charge in [0.25, 0.3) is 6.47 Å². The van der Waals surface area contributed by atoms with Crippen molar-refractivity contribution < 1.29 is 9.90 Å². The van der Waals surface area contributed by atoms with Gasteiger partial charge in [0.05, 0.1) is 0 Å². The average Bonchev–Trinajstić information content (AvgIpc) is 3.25. The van der Waals surface area contributed by atoms with E-state index in [-0.39, 0.29) is 6.47 Å². The van der Waals surface area contributed by atoms with Crippen molar-refractivity contribution >= 4 is 12.3 Å². The topological polar surface area (TPSA) is 102 Å². The molecule has 124 valence electrons. The second-order valence-electron chi connectivity index (χ2n) is 5.94. The fraction of sp³-hybridized carbons (Fsp3) is 0.625. The van der Waals surface area contributed by atoms with E-state index in [4.69, 9.17) is 15.2 Å². The zero-order valence-electron chi connectivity index (χ0n) is 13.2. The quantitative estimate of drug-likeness (QED) is 0.815. The Bertz CT molecular complexity index is 540. The van der Waals surface area contributed by atoms with Crippen molar-refractivity contribution in [2.45, 2.75) is 38.1 Å². The molecule has 2 fully saturated rings. The van der Waals surface area contributed by atoms with Crippen molar-refractivity contribution in [3.8, 4) is 6.07 Å². The molecule has 0 bridgehead atoms. The standard InChI is InChI=1S/C15H21N5.CH2O2/c16-9-14-15(18-7-6-17-14)19-10-12-5-8-20(11-12)13-3-1-2-4-13;2-1-3/h6-7,12-13H,1-5,8,10-11H2,(H,18,19);1H,(H,2,3). The summed E-state index contributed by atoms with van der Waals surface area (Å²) >= 11 is 0. The molecule has 0 radical (unpaired) electrons. The molecule has 7 nitrogen and oxygen atoms in total. The number of hydrogen-bond donors (Lipinski definition) is 2. The van der Waals surface area contributed by atoms with E-state index >= 15 is 0 Å². The first kappa shape index (κ1) is 17.2. The van der Waals surface area contributed by atoms with Gasteiger partial charge in [-0.3, -0.25) is 4.79 Å². The molecule has 0 aromatic carbocycles. The summed E-state index contributed by atoms with van der Waals surface area (Å²) in [4.78, 5) is 19.2. The van der Waals surface area contributed by atoms with Gasteiger partial charge in [-0.05, 0) is 31.7 Å². The van der Waals surface area contributed by atoms with Gasteiger partial charge >= 0.3 is 0 Å². The van der Waals surface area contributed by atoms with E-state index in [1.165, 1.54) is 45.2 Å². The summed E-state index contributed by atoms with van der Waals surface area (Å²) < 4.78 is 0. The number of aromatic nitrogens is 2. The van der Waals surface area contributed by atoms with E-state index < -0.39 is 0 Å². The molecule has 2 heterocycles. The number of hydrogen-bond acceptors (Lipinski definition) is 6. The van der Waals surface area contributed by atoms with Gasteiger partial charge in [-0.15, -0.1) is 0 Å². The SMILES string of the molecule is N#Cc1nccnc1NCC1CCN(C2CCCC2)C1.O=CO. The smallest absolute Gasteiger partial charge is 0.290 e. The van der Waals surface area contributed by atoms with Gasteiger partial charge < -0.3 is 15.3 Å². The third kappa shape index (κ3) is 4.89. The lowest BCUT2D eigenvalue weighted by atomic mass is 10.1. The van der Waals surface area contributed by atoms with Crippen LogP contribution < -0.4 is 5.32 Å². The van der Waals surface area contributed by atoms with Gasteiger partial charge in [-0.2, -0.15) is 5.26 Å². The maximum Gasteiger partial charge on any atom is 0.290 e. The maximum atomic E-state index is 9.00. The first-order chi connectivity index (χ1) is 11.3. The van der Waals surface area contributed by atoms with Crippen molar-refractivity contribution in [2.24, 2.45) is 5.92 Å². The lowest BCUT2D eigenvalue weighted by Crippen LogP contribution is -2.31. The van der Waals surface area contributed by atoms with Gasteiger partial charge in [-0.1, -0.05) is 12.8 Å². The van der Waals surface area contributed by atoms with E-state index in [1.54, 1.807) is 12.4 Å². The van der Waals surface area contributed by atoms with E-state index in [9.17, 15) is 0 Å². The molecule has 23 heavy (non-hydrogen) atoms. The molecule has 2 N–H and O–H groups in total. The van der Waals surface area contributed by atoms with Crippen molar-refractivity contribution in [1.29, 1.82) is 5.26 Å². The normalized spacial score (nSPS) is 21.3. The minimum Gasteiger partial charge on any atom is -0.483 e. The Hall–Kier alpha value is -2.20. The molecule has 1 saturated heterocycles. The van der Waals surface area contributed by atoms with Crippen LogP contribution in [-0.2, 0) is 4.79 Å². The molecule has 0 spiro atoms. The largest absolute Gasteiger partial charge is 0.483 e. The lowest BCUT2D eigenvalue weighted by Gasteiger charge is -2.23. The Morgan fingerprint density at radius 2 is 2.04 bits per heavy atom. The molecule has 3 rings (SSSR count). The van der Waals surface area contributed by atoms with E-state index in [1.807, 2.05) is 0 Å². The number of nitriles is 1. The number of likely N-dealkylation sites (tertiary alicyclic amines) is 1. The monoisotopic (exact) mass is 317 g/mol. The Morgan fingerprint density at radius 1 is 1.35 bits per heavy atom. The molecule has 1 saturated carbocycles. The molecule has 1 atom stereocenters. The van der Waals surface area contributed by atoms with Crippen LogP contribution in [0.2, 0.25) is 0 Å². The fourth-order valence-corrected chi connectivity index (χ4v) is 3.42. The van der Waals surface area contributed by atoms with Crippen molar-refractivity contribution in [3.05, 3.63) is 18.1 Å². The highest BCUT2D eigenvalue weighted by molar-refractivity contribution is 5.46. The second-order valence-corrected chi connectivity index (χ2v) is 5.94. The molecule has 1 aliphatic carbocycles. The summed E-state index contributed by atoms with van der Waals surface area (Å²) in [6.45, 7) is 3.04. The molecule has 2 aliphatic rings. The Balaban J connectivity index is 0.000000595. The summed E-state index contributed by atoms with van der Waals surface area (Å²) in [6, 6.07) is 2.90. The number of carbonyl (C=O) groups is 1. The van der Waals surface area contributed by atoms with Crippen LogP contribution in [0.3, 0.4) is 0 Å². The van der Waals surface area contributed by atoms with E-state index in [0.717, 1.165) is 12.6 Å². The van der Waals surface area contributed by atoms with Crippen LogP contribution >= 0.6 is 0 Å². The molecular formula is C16H23N5O2. The Labute approximate surface area is 136 Å². The molecule has 1 aliphatic heterocycles. The van der Waals surface area contributed by atoms with Crippen LogP contribution in [0, 0.1) is 17.2 Å². The Kier molecular flexibility index (Phi) is 6.76. The maximum absolute atomic E-state index is 9.00. The van der Waals surface area contributed by atoms with E-state index in [0.29, 0.717) is 17.4 Å². The van der Waals surface area contributed by atoms with Crippen molar-refractivity contribution in [2.75, 3.05) is 25.0 Å². The number of carboxylic acid groups (broad SMARTS) is 1. The Morgan fingerprint density at radius 3 is 2.74 bits per heavy atom. The van der Waals surface area contributed by atoms with Crippen molar-refractivity contribution in [3.63, 3.8) is 0 Å².